The fourth-order valence-corrected chi connectivity index (χ4v) is 8.44. The van der Waals surface area contributed by atoms with Crippen molar-refractivity contribution in [1.82, 2.24) is 35.5 Å². The van der Waals surface area contributed by atoms with E-state index in [1.54, 1.807) is 66.0 Å². The smallest absolute Gasteiger partial charge is 0.410 e. The summed E-state index contributed by atoms with van der Waals surface area (Å²) in [5, 5.41) is 25.5. The Bertz CT molecular complexity index is 3020. The fourth-order valence-electron chi connectivity index (χ4n) is 8.20. The number of phenols is 1. The van der Waals surface area contributed by atoms with Gasteiger partial charge < -0.3 is 59.4 Å². The molecule has 4 aromatic carbocycles. The predicted octanol–water partition coefficient (Wildman–Crippen LogP) is 11.3. The van der Waals surface area contributed by atoms with Crippen molar-refractivity contribution in [2.24, 2.45) is 0 Å². The zero-order valence-electron chi connectivity index (χ0n) is 47.3. The van der Waals surface area contributed by atoms with E-state index in [1.807, 2.05) is 130 Å². The summed E-state index contributed by atoms with van der Waals surface area (Å²) >= 11 is 11.2. The van der Waals surface area contributed by atoms with Gasteiger partial charge >= 0.3 is 6.09 Å². The van der Waals surface area contributed by atoms with Crippen LogP contribution in [0.2, 0.25) is 10.2 Å². The van der Waals surface area contributed by atoms with Crippen molar-refractivity contribution >= 4 is 46.7 Å². The number of carbonyl (C=O) groups excluding carboxylic acids is 1. The van der Waals surface area contributed by atoms with Crippen molar-refractivity contribution in [3.63, 3.8) is 0 Å². The number of phenolic OH excluding ortho intramolecular Hbond substituents is 1. The topological polar surface area (TPSA) is 183 Å². The van der Waals surface area contributed by atoms with E-state index in [2.05, 4.69) is 57.4 Å². The third-order valence-corrected chi connectivity index (χ3v) is 13.1. The van der Waals surface area contributed by atoms with Crippen molar-refractivity contribution in [2.75, 3.05) is 93.2 Å². The second kappa shape index (κ2) is 33.5. The highest BCUT2D eigenvalue weighted by molar-refractivity contribution is 6.30. The Hall–Kier alpha value is -8.35. The number of rotatable bonds is 12. The number of benzene rings is 4. The van der Waals surface area contributed by atoms with E-state index in [4.69, 9.17) is 52.4 Å². The molecule has 3 aliphatic heterocycles. The molecule has 1 amide bonds. The lowest BCUT2D eigenvalue weighted by Gasteiger charge is -2.36. The van der Waals surface area contributed by atoms with Gasteiger partial charge in [-0.25, -0.2) is 24.7 Å². The minimum Gasteiger partial charge on any atom is -0.508 e. The second-order valence-corrected chi connectivity index (χ2v) is 20.9. The number of ether oxygens (including phenoxy) is 4. The maximum absolute atomic E-state index is 12.1. The van der Waals surface area contributed by atoms with Crippen LogP contribution in [-0.4, -0.2) is 125 Å². The Morgan fingerprint density at radius 3 is 1.18 bits per heavy atom. The predicted molar refractivity (Wildman–Crippen MR) is 329 cm³/mol. The molecule has 0 bridgehead atoms. The van der Waals surface area contributed by atoms with Gasteiger partial charge in [-0.15, -0.1) is 0 Å². The first-order valence-electron chi connectivity index (χ1n) is 27.6. The van der Waals surface area contributed by atoms with Crippen LogP contribution >= 0.6 is 23.2 Å². The van der Waals surface area contributed by atoms with Crippen LogP contribution in [0.25, 0.3) is 0 Å². The maximum atomic E-state index is 12.1. The molecule has 0 unspecified atom stereocenters. The molecule has 0 spiro atoms. The Kier molecular flexibility index (Phi) is 25.2. The van der Waals surface area contributed by atoms with Crippen molar-refractivity contribution in [3.8, 4) is 28.7 Å². The SMILES string of the molecule is CC(C)(C)OC(=O)N1CCN(c2ccc(OCc3ccccc3)cn2)CC1.Clc1ccc(OCc2ccccc2)cn1.Oc1ccc(Cl)cc1.Oc1ccc(N2CCNCC2)nc1.c1ccc(COc2ccc(N3CCNCC3)nc2)cc1. The van der Waals surface area contributed by atoms with Gasteiger partial charge in [0.25, 0.3) is 0 Å². The van der Waals surface area contributed by atoms with Crippen LogP contribution in [-0.2, 0) is 24.6 Å². The molecular weight excluding hydrogens is 1090 g/mol. The average molecular weight is 1170 g/mol. The first-order chi connectivity index (χ1) is 40.3. The highest BCUT2D eigenvalue weighted by atomic mass is 35.5. The van der Waals surface area contributed by atoms with Crippen LogP contribution in [0.3, 0.4) is 0 Å². The molecule has 11 rings (SSSR count). The second-order valence-electron chi connectivity index (χ2n) is 20.1. The first kappa shape index (κ1) is 62.3. The zero-order valence-corrected chi connectivity index (χ0v) is 48.8. The van der Waals surface area contributed by atoms with Crippen molar-refractivity contribution in [1.29, 1.82) is 0 Å². The molecule has 0 radical (unpaired) electrons. The number of carbonyl (C=O) groups is 1. The van der Waals surface area contributed by atoms with Crippen LogP contribution in [0.1, 0.15) is 37.5 Å². The number of hydrogen-bond acceptors (Lipinski definition) is 16. The van der Waals surface area contributed by atoms with Gasteiger partial charge in [0.05, 0.1) is 24.8 Å². The van der Waals surface area contributed by atoms with Gasteiger partial charge in [-0.3, -0.25) is 0 Å². The summed E-state index contributed by atoms with van der Waals surface area (Å²) in [5.74, 6) is 5.61. The monoisotopic (exact) mass is 1160 g/mol. The molecule has 3 aliphatic rings. The minimum atomic E-state index is -0.467. The van der Waals surface area contributed by atoms with Crippen LogP contribution in [0.15, 0.2) is 189 Å². The third kappa shape index (κ3) is 23.2. The summed E-state index contributed by atoms with van der Waals surface area (Å²) in [6.45, 7) is 18.1. The molecule has 4 aromatic heterocycles. The van der Waals surface area contributed by atoms with Gasteiger partial charge in [0.1, 0.15) is 76.8 Å². The minimum absolute atomic E-state index is 0.221. The van der Waals surface area contributed by atoms with E-state index >= 15 is 0 Å². The number of aromatic nitrogens is 4. The number of anilines is 3. The Labute approximate surface area is 497 Å². The van der Waals surface area contributed by atoms with Crippen molar-refractivity contribution in [3.05, 3.63) is 215 Å². The number of aromatic hydroxyl groups is 2. The lowest BCUT2D eigenvalue weighted by molar-refractivity contribution is 0.0240. The normalized spacial score (nSPS) is 13.8. The standard InChI is InChI=1S/C21H27N3O3.C16H19N3O.C12H10ClNO.C9H13N3O.C6H5ClO/c1-21(2,3)27-20(25)24-13-11-23(12-14-24)19-10-9-18(15-22-19)26-16-17-7-5-4-6-8-17;1-2-4-14(5-3-1)13-20-15-6-7-16(18-12-15)19-10-8-17-9-11-19;13-12-7-6-11(8-14-12)15-9-10-4-2-1-3-5-10;13-8-1-2-9(11-7-8)12-5-3-10-4-6-12;7-5-1-3-6(8)4-2-5/h4-10,15H,11-14,16H2,1-3H3;1-7,12,17H,8-11,13H2;1-8H,9H2;1-2,7,10,13H,3-6H2;1-4,8H. The molecule has 4 N–H and O–H groups in total. The fraction of sp³-hybridized carbons (Fsp3) is 0.297. The van der Waals surface area contributed by atoms with Crippen LogP contribution < -0.4 is 39.5 Å². The average Bonchev–Trinajstić information content (AvgIpc) is 3.55. The molecule has 7 heterocycles. The van der Waals surface area contributed by atoms with Crippen molar-refractivity contribution in [2.45, 2.75) is 46.2 Å². The lowest BCUT2D eigenvalue weighted by Crippen LogP contribution is -2.50. The number of hydrogen-bond donors (Lipinski definition) is 4. The summed E-state index contributed by atoms with van der Waals surface area (Å²) in [4.78, 5) is 37.6. The van der Waals surface area contributed by atoms with Crippen LogP contribution in [0.5, 0.6) is 28.7 Å². The molecule has 83 heavy (non-hydrogen) atoms. The molecule has 436 valence electrons. The lowest BCUT2D eigenvalue weighted by atomic mass is 10.2. The van der Waals surface area contributed by atoms with E-state index in [-0.39, 0.29) is 17.6 Å². The zero-order chi connectivity index (χ0) is 58.5. The first-order valence-corrected chi connectivity index (χ1v) is 28.3. The molecule has 0 saturated carbocycles. The van der Waals surface area contributed by atoms with Gasteiger partial charge in [0, 0.05) is 83.6 Å². The molecule has 0 atom stereocenters. The van der Waals surface area contributed by atoms with E-state index in [0.717, 1.165) is 111 Å². The van der Waals surface area contributed by atoms with Gasteiger partial charge in [-0.1, -0.05) is 114 Å². The molecule has 3 saturated heterocycles. The summed E-state index contributed by atoms with van der Waals surface area (Å²) < 4.78 is 22.5. The highest BCUT2D eigenvalue weighted by Crippen LogP contribution is 2.22. The molecule has 8 aromatic rings. The number of nitrogens with one attached hydrogen (secondary N) is 2. The van der Waals surface area contributed by atoms with Crippen LogP contribution in [0, 0.1) is 0 Å². The van der Waals surface area contributed by atoms with Crippen molar-refractivity contribution < 1.29 is 34.0 Å². The van der Waals surface area contributed by atoms with Gasteiger partial charge in [-0.05, 0) is 110 Å². The Morgan fingerprint density at radius 1 is 0.458 bits per heavy atom. The van der Waals surface area contributed by atoms with Gasteiger partial charge in [0.2, 0.25) is 0 Å². The molecular formula is C64H74Cl2N10O7. The molecule has 19 heteroatoms. The third-order valence-electron chi connectivity index (χ3n) is 12.6. The molecule has 3 fully saturated rings. The number of pyridine rings is 4. The number of piperazine rings is 3. The van der Waals surface area contributed by atoms with E-state index in [0.29, 0.717) is 43.1 Å². The van der Waals surface area contributed by atoms with Gasteiger partial charge in [0.15, 0.2) is 0 Å². The largest absolute Gasteiger partial charge is 0.508 e. The number of amides is 1. The summed E-state index contributed by atoms with van der Waals surface area (Å²) in [6.07, 6.45) is 6.40. The van der Waals surface area contributed by atoms with E-state index < -0.39 is 5.60 Å². The quantitative estimate of drug-likeness (QED) is 0.0847. The summed E-state index contributed by atoms with van der Waals surface area (Å²) in [6, 6.07) is 51.5. The Balaban J connectivity index is 0.000000157. The summed E-state index contributed by atoms with van der Waals surface area (Å²) in [7, 11) is 0. The van der Waals surface area contributed by atoms with Gasteiger partial charge in [-0.2, -0.15) is 0 Å². The van der Waals surface area contributed by atoms with Crippen LogP contribution in [0.4, 0.5) is 22.2 Å². The maximum Gasteiger partial charge on any atom is 0.410 e. The van der Waals surface area contributed by atoms with E-state index in [9.17, 15) is 4.79 Å². The number of halogens is 2. The van der Waals surface area contributed by atoms with E-state index in [1.165, 1.54) is 11.8 Å². The molecule has 0 aliphatic carbocycles. The highest BCUT2D eigenvalue weighted by Gasteiger charge is 2.26. The summed E-state index contributed by atoms with van der Waals surface area (Å²) in [5.41, 5.74) is 2.96. The number of nitrogens with zero attached hydrogens (tertiary/aromatic N) is 8. The Morgan fingerprint density at radius 2 is 0.831 bits per heavy atom. The molecule has 17 nitrogen and oxygen atoms in total.